The first-order valence-corrected chi connectivity index (χ1v) is 9.93. The van der Waals surface area contributed by atoms with Crippen molar-refractivity contribution in [3.63, 3.8) is 0 Å². The molecule has 4 nitrogen and oxygen atoms in total. The highest BCUT2D eigenvalue weighted by Crippen LogP contribution is 2.18. The second-order valence-electron chi connectivity index (χ2n) is 7.84. The Kier molecular flexibility index (Phi) is 7.83. The SMILES string of the molecule is CC(C)CCC[C@@H](C)NC(=O)[C@H](C)NC(=O)Cc1cccc2ccccc12. The number of fused-ring (bicyclic) bond motifs is 1. The Morgan fingerprint density at radius 1 is 0.889 bits per heavy atom. The smallest absolute Gasteiger partial charge is 0.242 e. The average molecular weight is 369 g/mol. The van der Waals surface area contributed by atoms with E-state index >= 15 is 0 Å². The Balaban J connectivity index is 1.84. The summed E-state index contributed by atoms with van der Waals surface area (Å²) < 4.78 is 0. The van der Waals surface area contributed by atoms with Gasteiger partial charge in [0.2, 0.25) is 11.8 Å². The number of carbonyl (C=O) groups is 2. The molecular weight excluding hydrogens is 336 g/mol. The summed E-state index contributed by atoms with van der Waals surface area (Å²) in [7, 11) is 0. The highest BCUT2D eigenvalue weighted by Gasteiger charge is 2.18. The Hall–Kier alpha value is -2.36. The molecule has 2 amide bonds. The summed E-state index contributed by atoms with van der Waals surface area (Å²) in [6.45, 7) is 8.16. The van der Waals surface area contributed by atoms with Crippen molar-refractivity contribution in [3.05, 3.63) is 48.0 Å². The highest BCUT2D eigenvalue weighted by atomic mass is 16.2. The van der Waals surface area contributed by atoms with Crippen molar-refractivity contribution in [2.75, 3.05) is 0 Å². The highest BCUT2D eigenvalue weighted by molar-refractivity contribution is 5.92. The van der Waals surface area contributed by atoms with Crippen LogP contribution in [-0.4, -0.2) is 23.9 Å². The van der Waals surface area contributed by atoms with E-state index in [-0.39, 0.29) is 24.3 Å². The van der Waals surface area contributed by atoms with Crippen molar-refractivity contribution in [1.29, 1.82) is 0 Å². The van der Waals surface area contributed by atoms with Gasteiger partial charge in [0.05, 0.1) is 6.42 Å². The Morgan fingerprint density at radius 3 is 2.33 bits per heavy atom. The predicted molar refractivity (Wildman–Crippen MR) is 112 cm³/mol. The minimum atomic E-state index is -0.542. The zero-order valence-electron chi connectivity index (χ0n) is 16.9. The average Bonchev–Trinajstić information content (AvgIpc) is 2.61. The molecule has 146 valence electrons. The van der Waals surface area contributed by atoms with Gasteiger partial charge in [-0.2, -0.15) is 0 Å². The quantitative estimate of drug-likeness (QED) is 0.696. The fraction of sp³-hybridized carbons (Fsp3) is 0.478. The molecule has 0 aliphatic heterocycles. The number of nitrogens with one attached hydrogen (secondary N) is 2. The number of rotatable bonds is 9. The molecule has 2 aromatic carbocycles. The van der Waals surface area contributed by atoms with Crippen molar-refractivity contribution in [1.82, 2.24) is 10.6 Å². The van der Waals surface area contributed by atoms with E-state index in [1.165, 1.54) is 0 Å². The molecule has 2 aromatic rings. The van der Waals surface area contributed by atoms with Gasteiger partial charge in [-0.3, -0.25) is 9.59 Å². The third-order valence-electron chi connectivity index (χ3n) is 4.81. The third-order valence-corrected chi connectivity index (χ3v) is 4.81. The maximum atomic E-state index is 12.4. The molecule has 2 N–H and O–H groups in total. The molecule has 2 rings (SSSR count). The maximum absolute atomic E-state index is 12.4. The van der Waals surface area contributed by atoms with Crippen LogP contribution in [-0.2, 0) is 16.0 Å². The first-order valence-electron chi connectivity index (χ1n) is 9.93. The lowest BCUT2D eigenvalue weighted by molar-refractivity contribution is -0.128. The van der Waals surface area contributed by atoms with Crippen molar-refractivity contribution in [3.8, 4) is 0 Å². The first-order chi connectivity index (χ1) is 12.9. The summed E-state index contributed by atoms with van der Waals surface area (Å²) in [5.74, 6) is 0.417. The second-order valence-corrected chi connectivity index (χ2v) is 7.84. The molecule has 0 aromatic heterocycles. The van der Waals surface area contributed by atoms with Crippen LogP contribution in [0.15, 0.2) is 42.5 Å². The van der Waals surface area contributed by atoms with Gasteiger partial charge < -0.3 is 10.6 Å². The molecule has 0 aliphatic rings. The van der Waals surface area contributed by atoms with Gasteiger partial charge in [0, 0.05) is 6.04 Å². The summed E-state index contributed by atoms with van der Waals surface area (Å²) in [6, 6.07) is 13.5. The van der Waals surface area contributed by atoms with E-state index in [1.807, 2.05) is 49.4 Å². The topological polar surface area (TPSA) is 58.2 Å². The molecular formula is C23H32N2O2. The van der Waals surface area contributed by atoms with Crippen molar-refractivity contribution >= 4 is 22.6 Å². The maximum Gasteiger partial charge on any atom is 0.242 e. The Bertz CT molecular complexity index is 765. The van der Waals surface area contributed by atoms with Crippen LogP contribution < -0.4 is 10.6 Å². The minimum Gasteiger partial charge on any atom is -0.352 e. The first kappa shape index (κ1) is 20.9. The molecule has 0 unspecified atom stereocenters. The second kappa shape index (κ2) is 10.1. The Morgan fingerprint density at radius 2 is 1.59 bits per heavy atom. The van der Waals surface area contributed by atoms with Crippen LogP contribution in [0.5, 0.6) is 0 Å². The molecule has 2 atom stereocenters. The largest absolute Gasteiger partial charge is 0.352 e. The fourth-order valence-corrected chi connectivity index (χ4v) is 3.25. The van der Waals surface area contributed by atoms with Crippen LogP contribution in [0.25, 0.3) is 10.8 Å². The summed E-state index contributed by atoms with van der Waals surface area (Å²) in [6.07, 6.45) is 3.49. The van der Waals surface area contributed by atoms with E-state index in [0.29, 0.717) is 5.92 Å². The number of hydrogen-bond acceptors (Lipinski definition) is 2. The van der Waals surface area contributed by atoms with Crippen LogP contribution >= 0.6 is 0 Å². The number of amides is 2. The summed E-state index contributed by atoms with van der Waals surface area (Å²) in [5, 5.41) is 8.01. The van der Waals surface area contributed by atoms with E-state index < -0.39 is 6.04 Å². The van der Waals surface area contributed by atoms with Crippen molar-refractivity contribution in [2.45, 2.75) is 65.5 Å². The van der Waals surface area contributed by atoms with Gasteiger partial charge in [-0.25, -0.2) is 0 Å². The van der Waals surface area contributed by atoms with Gasteiger partial charge >= 0.3 is 0 Å². The molecule has 0 heterocycles. The monoisotopic (exact) mass is 368 g/mol. The number of hydrogen-bond donors (Lipinski definition) is 2. The lowest BCUT2D eigenvalue weighted by Gasteiger charge is -2.19. The molecule has 27 heavy (non-hydrogen) atoms. The lowest BCUT2D eigenvalue weighted by Crippen LogP contribution is -2.47. The number of benzene rings is 2. The molecule has 0 bridgehead atoms. The van der Waals surface area contributed by atoms with Crippen LogP contribution in [0, 0.1) is 5.92 Å². The fourth-order valence-electron chi connectivity index (χ4n) is 3.25. The van der Waals surface area contributed by atoms with Gasteiger partial charge in [0.15, 0.2) is 0 Å². The van der Waals surface area contributed by atoms with Gasteiger partial charge in [-0.1, -0.05) is 69.2 Å². The van der Waals surface area contributed by atoms with E-state index in [1.54, 1.807) is 6.92 Å². The van der Waals surface area contributed by atoms with Gasteiger partial charge in [0.1, 0.15) is 6.04 Å². The molecule has 4 heteroatoms. The van der Waals surface area contributed by atoms with E-state index in [0.717, 1.165) is 35.6 Å². The van der Waals surface area contributed by atoms with Crippen LogP contribution in [0.1, 0.15) is 52.5 Å². The normalized spacial score (nSPS) is 13.4. The summed E-state index contributed by atoms with van der Waals surface area (Å²) >= 11 is 0. The van der Waals surface area contributed by atoms with Crippen molar-refractivity contribution < 1.29 is 9.59 Å². The van der Waals surface area contributed by atoms with Gasteiger partial charge in [-0.15, -0.1) is 0 Å². The molecule has 0 fully saturated rings. The molecule has 0 saturated heterocycles. The standard InChI is InChI=1S/C23H32N2O2/c1-16(2)9-7-10-17(3)24-23(27)18(4)25-22(26)15-20-13-8-12-19-11-5-6-14-21(19)20/h5-6,8,11-14,16-18H,7,9-10,15H2,1-4H3,(H,24,27)(H,25,26)/t17-,18+/m1/s1. The van der Waals surface area contributed by atoms with Gasteiger partial charge in [0.25, 0.3) is 0 Å². The summed E-state index contributed by atoms with van der Waals surface area (Å²) in [4.78, 5) is 24.7. The minimum absolute atomic E-state index is 0.119. The predicted octanol–water partition coefficient (Wildman–Crippen LogP) is 4.22. The van der Waals surface area contributed by atoms with E-state index in [2.05, 4.69) is 24.5 Å². The van der Waals surface area contributed by atoms with E-state index in [4.69, 9.17) is 0 Å². The van der Waals surface area contributed by atoms with Crippen LogP contribution in [0.3, 0.4) is 0 Å². The molecule has 0 aliphatic carbocycles. The van der Waals surface area contributed by atoms with Crippen molar-refractivity contribution in [2.24, 2.45) is 5.92 Å². The lowest BCUT2D eigenvalue weighted by atomic mass is 10.0. The number of carbonyl (C=O) groups excluding carboxylic acids is 2. The van der Waals surface area contributed by atoms with Crippen LogP contribution in [0.4, 0.5) is 0 Å². The third kappa shape index (κ3) is 6.70. The van der Waals surface area contributed by atoms with Crippen LogP contribution in [0.2, 0.25) is 0 Å². The van der Waals surface area contributed by atoms with Gasteiger partial charge in [-0.05, 0) is 42.5 Å². The summed E-state index contributed by atoms with van der Waals surface area (Å²) in [5.41, 5.74) is 0.972. The zero-order chi connectivity index (χ0) is 19.8. The molecule has 0 saturated carbocycles. The molecule has 0 spiro atoms. The zero-order valence-corrected chi connectivity index (χ0v) is 16.9. The Labute approximate surface area is 162 Å². The van der Waals surface area contributed by atoms with E-state index in [9.17, 15) is 9.59 Å². The molecule has 0 radical (unpaired) electrons.